The summed E-state index contributed by atoms with van der Waals surface area (Å²) in [6.45, 7) is 4.49. The summed E-state index contributed by atoms with van der Waals surface area (Å²) in [5.41, 5.74) is 5.23. The van der Waals surface area contributed by atoms with Gasteiger partial charge in [-0.1, -0.05) is 42.5 Å². The van der Waals surface area contributed by atoms with Crippen LogP contribution in [0.2, 0.25) is 0 Å². The lowest BCUT2D eigenvalue weighted by Gasteiger charge is -2.08. The Kier molecular flexibility index (Phi) is 4.29. The first-order valence-electron chi connectivity index (χ1n) is 7.65. The van der Waals surface area contributed by atoms with Crippen LogP contribution < -0.4 is 4.57 Å². The molecule has 0 aliphatic rings. The monoisotopic (exact) mass is 303 g/mol. The predicted octanol–water partition coefficient (Wildman–Crippen LogP) is 3.54. The van der Waals surface area contributed by atoms with Crippen LogP contribution in [0, 0.1) is 13.8 Å². The molecule has 3 nitrogen and oxygen atoms in total. The molecule has 2 aromatic carbocycles. The number of rotatable bonds is 4. The van der Waals surface area contributed by atoms with Crippen molar-refractivity contribution < 1.29 is 9.36 Å². The Balaban J connectivity index is 1.99. The van der Waals surface area contributed by atoms with Crippen LogP contribution in [-0.4, -0.2) is 10.8 Å². The standard InChI is InChI=1S/C20H19N2O/c1-15-7-6-10-18(16(15)2)19-13-21-11-12-22(19)14-20(23)17-8-4-3-5-9-17/h3-13H,14H2,1-2H3/q+1. The van der Waals surface area contributed by atoms with Crippen molar-refractivity contribution in [2.45, 2.75) is 20.4 Å². The van der Waals surface area contributed by atoms with E-state index < -0.39 is 0 Å². The van der Waals surface area contributed by atoms with Crippen molar-refractivity contribution in [2.75, 3.05) is 0 Å². The van der Waals surface area contributed by atoms with Crippen molar-refractivity contribution in [2.24, 2.45) is 0 Å². The molecule has 0 unspecified atom stereocenters. The molecule has 0 fully saturated rings. The molecular weight excluding hydrogens is 284 g/mol. The maximum absolute atomic E-state index is 12.5. The summed E-state index contributed by atoms with van der Waals surface area (Å²) >= 11 is 0. The van der Waals surface area contributed by atoms with Gasteiger partial charge >= 0.3 is 0 Å². The summed E-state index contributed by atoms with van der Waals surface area (Å²) in [4.78, 5) is 16.7. The number of benzene rings is 2. The van der Waals surface area contributed by atoms with Gasteiger partial charge in [0.1, 0.15) is 0 Å². The molecule has 0 amide bonds. The molecule has 3 rings (SSSR count). The number of carbonyl (C=O) groups excluding carboxylic acids is 1. The van der Waals surface area contributed by atoms with Gasteiger partial charge in [0.05, 0.1) is 18.0 Å². The van der Waals surface area contributed by atoms with E-state index >= 15 is 0 Å². The average Bonchev–Trinajstić information content (AvgIpc) is 2.59. The zero-order chi connectivity index (χ0) is 16.2. The Hall–Kier alpha value is -2.81. The number of nitrogens with zero attached hydrogens (tertiary/aromatic N) is 2. The molecule has 23 heavy (non-hydrogen) atoms. The zero-order valence-corrected chi connectivity index (χ0v) is 13.4. The maximum atomic E-state index is 12.5. The smallest absolute Gasteiger partial charge is 0.231 e. The average molecular weight is 303 g/mol. The SMILES string of the molecule is Cc1cccc(-c2cncc[n+]2CC(=O)c2ccccc2)c1C. The maximum Gasteiger partial charge on any atom is 0.231 e. The first-order valence-corrected chi connectivity index (χ1v) is 7.65. The highest BCUT2D eigenvalue weighted by atomic mass is 16.1. The molecule has 0 aliphatic heterocycles. The molecule has 0 atom stereocenters. The van der Waals surface area contributed by atoms with Crippen molar-refractivity contribution in [3.8, 4) is 11.3 Å². The highest BCUT2D eigenvalue weighted by molar-refractivity contribution is 5.95. The Morgan fingerprint density at radius 3 is 2.61 bits per heavy atom. The van der Waals surface area contributed by atoms with E-state index in [1.54, 1.807) is 6.20 Å². The molecule has 0 saturated carbocycles. The molecule has 0 spiro atoms. The number of carbonyl (C=O) groups is 1. The lowest BCUT2D eigenvalue weighted by atomic mass is 10.0. The number of hydrogen-bond acceptors (Lipinski definition) is 2. The molecule has 0 radical (unpaired) electrons. The second kappa shape index (κ2) is 6.53. The van der Waals surface area contributed by atoms with E-state index in [-0.39, 0.29) is 5.78 Å². The quantitative estimate of drug-likeness (QED) is 0.546. The molecule has 1 aromatic heterocycles. The third kappa shape index (κ3) is 3.19. The first-order chi connectivity index (χ1) is 11.2. The molecular formula is C20H19N2O+. The highest BCUT2D eigenvalue weighted by Gasteiger charge is 2.19. The van der Waals surface area contributed by atoms with Gasteiger partial charge in [0.2, 0.25) is 18.0 Å². The lowest BCUT2D eigenvalue weighted by molar-refractivity contribution is -0.672. The number of aryl methyl sites for hydroxylation is 1. The molecule has 3 heteroatoms. The van der Waals surface area contributed by atoms with E-state index in [1.807, 2.05) is 53.4 Å². The van der Waals surface area contributed by atoms with E-state index in [1.165, 1.54) is 11.1 Å². The van der Waals surface area contributed by atoms with E-state index in [2.05, 4.69) is 31.0 Å². The largest absolute Gasteiger partial charge is 0.287 e. The van der Waals surface area contributed by atoms with Crippen LogP contribution in [0.1, 0.15) is 21.5 Å². The topological polar surface area (TPSA) is 33.8 Å². The van der Waals surface area contributed by atoms with Gasteiger partial charge in [-0.15, -0.1) is 0 Å². The van der Waals surface area contributed by atoms with Crippen LogP contribution in [0.15, 0.2) is 67.1 Å². The Morgan fingerprint density at radius 1 is 1.04 bits per heavy atom. The first kappa shape index (κ1) is 15.1. The van der Waals surface area contributed by atoms with Gasteiger partial charge in [0.15, 0.2) is 6.20 Å². The minimum absolute atomic E-state index is 0.0911. The lowest BCUT2D eigenvalue weighted by Crippen LogP contribution is -2.40. The number of hydrogen-bond donors (Lipinski definition) is 0. The Labute approximate surface area is 136 Å². The van der Waals surface area contributed by atoms with E-state index in [9.17, 15) is 4.79 Å². The molecule has 3 aromatic rings. The van der Waals surface area contributed by atoms with E-state index in [4.69, 9.17) is 0 Å². The highest BCUT2D eigenvalue weighted by Crippen LogP contribution is 2.22. The number of aromatic nitrogens is 2. The van der Waals surface area contributed by atoms with Crippen LogP contribution in [0.25, 0.3) is 11.3 Å². The van der Waals surface area contributed by atoms with Gasteiger partial charge in [-0.05, 0) is 31.0 Å². The molecule has 114 valence electrons. The fraction of sp³-hybridized carbons (Fsp3) is 0.150. The normalized spacial score (nSPS) is 10.5. The molecule has 1 heterocycles. The number of Topliss-reactive ketones (excluding diaryl/α,β-unsaturated/α-hetero) is 1. The third-order valence-corrected chi connectivity index (χ3v) is 4.13. The van der Waals surface area contributed by atoms with Crippen molar-refractivity contribution in [3.05, 3.63) is 83.8 Å². The van der Waals surface area contributed by atoms with E-state index in [0.29, 0.717) is 6.54 Å². The molecule has 0 bridgehead atoms. The van der Waals surface area contributed by atoms with Crippen LogP contribution in [0.3, 0.4) is 0 Å². The minimum atomic E-state index is 0.0911. The fourth-order valence-electron chi connectivity index (χ4n) is 2.65. The minimum Gasteiger partial charge on any atom is -0.287 e. The van der Waals surface area contributed by atoms with Crippen molar-refractivity contribution in [3.63, 3.8) is 0 Å². The molecule has 0 N–H and O–H groups in total. The van der Waals surface area contributed by atoms with E-state index in [0.717, 1.165) is 16.8 Å². The summed E-state index contributed by atoms with van der Waals surface area (Å²) in [7, 11) is 0. The molecule has 0 aliphatic carbocycles. The van der Waals surface area contributed by atoms with Gasteiger partial charge in [0, 0.05) is 5.56 Å². The number of ketones is 1. The summed E-state index contributed by atoms with van der Waals surface area (Å²) in [5.74, 6) is 0.0911. The third-order valence-electron chi connectivity index (χ3n) is 4.13. The predicted molar refractivity (Wildman–Crippen MR) is 90.1 cm³/mol. The van der Waals surface area contributed by atoms with Gasteiger partial charge in [-0.2, -0.15) is 4.57 Å². The van der Waals surface area contributed by atoms with Gasteiger partial charge < -0.3 is 0 Å². The van der Waals surface area contributed by atoms with Crippen LogP contribution >= 0.6 is 0 Å². The van der Waals surface area contributed by atoms with Gasteiger partial charge in [-0.3, -0.25) is 9.78 Å². The summed E-state index contributed by atoms with van der Waals surface area (Å²) in [6, 6.07) is 15.6. The second-order valence-electron chi connectivity index (χ2n) is 5.63. The van der Waals surface area contributed by atoms with Crippen molar-refractivity contribution in [1.29, 1.82) is 0 Å². The van der Waals surface area contributed by atoms with Crippen LogP contribution in [0.4, 0.5) is 0 Å². The van der Waals surface area contributed by atoms with Gasteiger partial charge in [-0.25, -0.2) is 0 Å². The zero-order valence-electron chi connectivity index (χ0n) is 13.4. The summed E-state index contributed by atoms with van der Waals surface area (Å²) < 4.78 is 1.96. The summed E-state index contributed by atoms with van der Waals surface area (Å²) in [6.07, 6.45) is 5.39. The molecule has 0 saturated heterocycles. The fourth-order valence-corrected chi connectivity index (χ4v) is 2.65. The van der Waals surface area contributed by atoms with Crippen molar-refractivity contribution >= 4 is 5.78 Å². The Morgan fingerprint density at radius 2 is 1.83 bits per heavy atom. The van der Waals surface area contributed by atoms with Crippen LogP contribution in [0.5, 0.6) is 0 Å². The van der Waals surface area contributed by atoms with Crippen LogP contribution in [-0.2, 0) is 6.54 Å². The van der Waals surface area contributed by atoms with Gasteiger partial charge in [0.25, 0.3) is 0 Å². The Bertz CT molecular complexity index is 841. The van der Waals surface area contributed by atoms with Crippen molar-refractivity contribution in [1.82, 2.24) is 4.98 Å². The second-order valence-corrected chi connectivity index (χ2v) is 5.63. The summed E-state index contributed by atoms with van der Waals surface area (Å²) in [5, 5.41) is 0.